The first kappa shape index (κ1) is 20.5. The molecule has 1 aromatic rings. The van der Waals surface area contributed by atoms with Crippen LogP contribution in [0, 0.1) is 12.3 Å². The molecule has 0 aliphatic rings. The van der Waals surface area contributed by atoms with Gasteiger partial charge < -0.3 is 20.1 Å². The van der Waals surface area contributed by atoms with Crippen molar-refractivity contribution in [1.29, 1.82) is 0 Å². The number of esters is 1. The summed E-state index contributed by atoms with van der Waals surface area (Å²) in [5.74, 6) is -0.0840. The zero-order valence-corrected chi connectivity index (χ0v) is 15.5. The smallest absolute Gasteiger partial charge is 0.306 e. The zero-order valence-electron chi connectivity index (χ0n) is 15.5. The molecule has 0 heterocycles. The van der Waals surface area contributed by atoms with Crippen LogP contribution in [0.4, 0.5) is 0 Å². The standard InChI is InChI=1S/C19H30O5/c1-12-9-13(10-14(16(12)21)18(2,3)4)7-8-15(20)24-11-19(5,6)17(22)23/h9-10,17,21-23H,7-8,11H2,1-6H3. The van der Waals surface area contributed by atoms with Gasteiger partial charge in [0.15, 0.2) is 6.29 Å². The van der Waals surface area contributed by atoms with Crippen molar-refractivity contribution in [3.05, 3.63) is 28.8 Å². The van der Waals surface area contributed by atoms with E-state index < -0.39 is 11.7 Å². The molecule has 3 N–H and O–H groups in total. The highest BCUT2D eigenvalue weighted by atomic mass is 16.5. The average molecular weight is 338 g/mol. The quantitative estimate of drug-likeness (QED) is 0.548. The summed E-state index contributed by atoms with van der Waals surface area (Å²) in [6, 6.07) is 3.80. The molecule has 0 aliphatic heterocycles. The number of hydrogen-bond donors (Lipinski definition) is 3. The van der Waals surface area contributed by atoms with Crippen molar-refractivity contribution < 1.29 is 24.9 Å². The van der Waals surface area contributed by atoms with Crippen LogP contribution in [0.25, 0.3) is 0 Å². The Labute approximate surface area is 144 Å². The van der Waals surface area contributed by atoms with Crippen molar-refractivity contribution in [1.82, 2.24) is 0 Å². The Morgan fingerprint density at radius 3 is 2.25 bits per heavy atom. The molecule has 5 heteroatoms. The Morgan fingerprint density at radius 2 is 1.75 bits per heavy atom. The van der Waals surface area contributed by atoms with Gasteiger partial charge in [0.05, 0.1) is 0 Å². The fourth-order valence-corrected chi connectivity index (χ4v) is 2.23. The fourth-order valence-electron chi connectivity index (χ4n) is 2.23. The van der Waals surface area contributed by atoms with E-state index in [1.54, 1.807) is 13.8 Å². The molecule has 0 amide bonds. The normalized spacial score (nSPS) is 12.5. The van der Waals surface area contributed by atoms with E-state index >= 15 is 0 Å². The summed E-state index contributed by atoms with van der Waals surface area (Å²) in [5.41, 5.74) is 1.52. The monoisotopic (exact) mass is 338 g/mol. The number of aryl methyl sites for hydroxylation is 2. The van der Waals surface area contributed by atoms with Crippen LogP contribution < -0.4 is 0 Å². The molecular formula is C19H30O5. The van der Waals surface area contributed by atoms with Crippen LogP contribution in [0.5, 0.6) is 5.75 Å². The highest BCUT2D eigenvalue weighted by molar-refractivity contribution is 5.69. The second-order valence-electron chi connectivity index (χ2n) is 8.08. The number of phenolic OH excluding ortho intramolecular Hbond substituents is 1. The Bertz CT molecular complexity index is 582. The number of ether oxygens (including phenoxy) is 1. The topological polar surface area (TPSA) is 87.0 Å². The predicted molar refractivity (Wildman–Crippen MR) is 92.8 cm³/mol. The zero-order chi connectivity index (χ0) is 18.7. The van der Waals surface area contributed by atoms with Crippen LogP contribution >= 0.6 is 0 Å². The molecule has 0 fully saturated rings. The van der Waals surface area contributed by atoms with Crippen LogP contribution in [0.2, 0.25) is 0 Å². The maximum absolute atomic E-state index is 11.9. The molecule has 0 aromatic heterocycles. The molecule has 0 spiro atoms. The lowest BCUT2D eigenvalue weighted by Gasteiger charge is -2.25. The van der Waals surface area contributed by atoms with Crippen molar-refractivity contribution in [3.8, 4) is 5.75 Å². The SMILES string of the molecule is Cc1cc(CCC(=O)OCC(C)(C)C(O)O)cc(C(C)(C)C)c1O. The number of carbonyl (C=O) groups is 1. The van der Waals surface area contributed by atoms with E-state index in [0.29, 0.717) is 12.2 Å². The first-order chi connectivity index (χ1) is 10.8. The summed E-state index contributed by atoms with van der Waals surface area (Å²) >= 11 is 0. The van der Waals surface area contributed by atoms with Crippen molar-refractivity contribution in [2.45, 2.75) is 66.1 Å². The molecule has 0 radical (unpaired) electrons. The van der Waals surface area contributed by atoms with Crippen molar-refractivity contribution in [3.63, 3.8) is 0 Å². The van der Waals surface area contributed by atoms with Gasteiger partial charge in [-0.05, 0) is 35.4 Å². The Hall–Kier alpha value is -1.59. The molecule has 0 aliphatic carbocycles. The summed E-state index contributed by atoms with van der Waals surface area (Å²) in [4.78, 5) is 11.9. The molecule has 0 bridgehead atoms. The molecular weight excluding hydrogens is 308 g/mol. The number of aliphatic hydroxyl groups excluding tert-OH is 1. The number of phenols is 1. The number of rotatable bonds is 6. The van der Waals surface area contributed by atoms with Crippen LogP contribution in [0.1, 0.15) is 57.7 Å². The van der Waals surface area contributed by atoms with E-state index in [1.165, 1.54) is 0 Å². The molecule has 5 nitrogen and oxygen atoms in total. The molecule has 24 heavy (non-hydrogen) atoms. The van der Waals surface area contributed by atoms with Gasteiger partial charge in [0.1, 0.15) is 12.4 Å². The Balaban J connectivity index is 2.71. The highest BCUT2D eigenvalue weighted by Gasteiger charge is 2.28. The molecule has 0 saturated heterocycles. The van der Waals surface area contributed by atoms with Crippen LogP contribution in [0.3, 0.4) is 0 Å². The van der Waals surface area contributed by atoms with E-state index in [0.717, 1.165) is 16.7 Å². The highest BCUT2D eigenvalue weighted by Crippen LogP contribution is 2.34. The third-order valence-electron chi connectivity index (χ3n) is 4.09. The largest absolute Gasteiger partial charge is 0.507 e. The Morgan fingerprint density at radius 1 is 1.17 bits per heavy atom. The lowest BCUT2D eigenvalue weighted by molar-refractivity contribution is -0.164. The fraction of sp³-hybridized carbons (Fsp3) is 0.632. The van der Waals surface area contributed by atoms with Gasteiger partial charge in [-0.15, -0.1) is 0 Å². The second kappa shape index (κ2) is 7.53. The van der Waals surface area contributed by atoms with Gasteiger partial charge in [-0.3, -0.25) is 4.79 Å². The molecule has 0 unspecified atom stereocenters. The van der Waals surface area contributed by atoms with E-state index in [2.05, 4.69) is 0 Å². The van der Waals surface area contributed by atoms with E-state index in [4.69, 9.17) is 4.74 Å². The maximum atomic E-state index is 11.9. The number of aromatic hydroxyl groups is 1. The van der Waals surface area contributed by atoms with Crippen LogP contribution in [0.15, 0.2) is 12.1 Å². The summed E-state index contributed by atoms with van der Waals surface area (Å²) < 4.78 is 5.13. The summed E-state index contributed by atoms with van der Waals surface area (Å²) in [6.45, 7) is 11.1. The average Bonchev–Trinajstić information content (AvgIpc) is 2.44. The predicted octanol–water partition coefficient (Wildman–Crippen LogP) is 2.81. The van der Waals surface area contributed by atoms with Crippen molar-refractivity contribution in [2.24, 2.45) is 5.41 Å². The number of aliphatic hydroxyl groups is 2. The molecule has 136 valence electrons. The number of benzene rings is 1. The van der Waals surface area contributed by atoms with E-state index in [9.17, 15) is 20.1 Å². The summed E-state index contributed by atoms with van der Waals surface area (Å²) in [5, 5.41) is 28.6. The van der Waals surface area contributed by atoms with Crippen LogP contribution in [-0.2, 0) is 21.4 Å². The number of hydrogen-bond acceptors (Lipinski definition) is 5. The van der Waals surface area contributed by atoms with Crippen molar-refractivity contribution >= 4 is 5.97 Å². The van der Waals surface area contributed by atoms with Gasteiger partial charge in [-0.25, -0.2) is 0 Å². The summed E-state index contributed by atoms with van der Waals surface area (Å²) in [6.07, 6.45) is -0.837. The third kappa shape index (κ3) is 5.49. The minimum atomic E-state index is -1.54. The lowest BCUT2D eigenvalue weighted by Crippen LogP contribution is -2.34. The molecule has 1 rings (SSSR count). The lowest BCUT2D eigenvalue weighted by atomic mass is 9.83. The van der Waals surface area contributed by atoms with E-state index in [-0.39, 0.29) is 24.4 Å². The van der Waals surface area contributed by atoms with Gasteiger partial charge in [0, 0.05) is 11.8 Å². The Kier molecular flexibility index (Phi) is 6.42. The van der Waals surface area contributed by atoms with Gasteiger partial charge in [0.25, 0.3) is 0 Å². The van der Waals surface area contributed by atoms with Gasteiger partial charge >= 0.3 is 5.97 Å². The van der Waals surface area contributed by atoms with Gasteiger partial charge in [-0.2, -0.15) is 0 Å². The molecule has 0 saturated carbocycles. The van der Waals surface area contributed by atoms with Gasteiger partial charge in [0.2, 0.25) is 0 Å². The van der Waals surface area contributed by atoms with E-state index in [1.807, 2.05) is 39.8 Å². The minimum absolute atomic E-state index is 0.0503. The first-order valence-corrected chi connectivity index (χ1v) is 8.19. The van der Waals surface area contributed by atoms with Crippen molar-refractivity contribution in [2.75, 3.05) is 6.61 Å². The third-order valence-corrected chi connectivity index (χ3v) is 4.09. The maximum Gasteiger partial charge on any atom is 0.306 e. The number of carbonyl (C=O) groups excluding carboxylic acids is 1. The minimum Gasteiger partial charge on any atom is -0.507 e. The second-order valence-corrected chi connectivity index (χ2v) is 8.08. The van der Waals surface area contributed by atoms with Gasteiger partial charge in [-0.1, -0.05) is 46.8 Å². The first-order valence-electron chi connectivity index (χ1n) is 8.19. The summed E-state index contributed by atoms with van der Waals surface area (Å²) in [7, 11) is 0. The van der Waals surface area contributed by atoms with Crippen LogP contribution in [-0.4, -0.2) is 34.2 Å². The molecule has 0 atom stereocenters. The molecule has 1 aromatic carbocycles.